The highest BCUT2D eigenvalue weighted by molar-refractivity contribution is 7.92. The highest BCUT2D eigenvalue weighted by Crippen LogP contribution is 2.08. The fourth-order valence-corrected chi connectivity index (χ4v) is 3.06. The van der Waals surface area contributed by atoms with Crippen LogP contribution in [0.2, 0.25) is 0 Å². The van der Waals surface area contributed by atoms with E-state index in [0.717, 1.165) is 13.0 Å². The van der Waals surface area contributed by atoms with Gasteiger partial charge in [-0.25, -0.2) is 8.42 Å². The predicted octanol–water partition coefficient (Wildman–Crippen LogP) is 1.59. The van der Waals surface area contributed by atoms with E-state index in [1.165, 1.54) is 0 Å². The molecule has 2 atom stereocenters. The summed E-state index contributed by atoms with van der Waals surface area (Å²) in [7, 11) is -2.91. The summed E-state index contributed by atoms with van der Waals surface area (Å²) < 4.78 is 23.5. The van der Waals surface area contributed by atoms with Crippen LogP contribution in [0, 0.1) is 0 Å². The Hall–Kier alpha value is -0.0900. The molecule has 0 aromatic rings. The van der Waals surface area contributed by atoms with Gasteiger partial charge in [0.05, 0.1) is 11.0 Å². The van der Waals surface area contributed by atoms with Crippen molar-refractivity contribution in [2.75, 3.05) is 12.3 Å². The Morgan fingerprint density at radius 1 is 1.14 bits per heavy atom. The molecule has 0 aliphatic heterocycles. The molecular weight excluding hydrogens is 198 g/mol. The molecule has 0 aliphatic rings. The van der Waals surface area contributed by atoms with Crippen LogP contribution < -0.4 is 5.32 Å². The second-order valence-corrected chi connectivity index (χ2v) is 6.18. The van der Waals surface area contributed by atoms with Gasteiger partial charge in [-0.15, -0.1) is 0 Å². The summed E-state index contributed by atoms with van der Waals surface area (Å²) in [5, 5.41) is 2.98. The Morgan fingerprint density at radius 2 is 1.71 bits per heavy atom. The number of hydrogen-bond acceptors (Lipinski definition) is 3. The van der Waals surface area contributed by atoms with Gasteiger partial charge in [0.2, 0.25) is 0 Å². The van der Waals surface area contributed by atoms with Gasteiger partial charge in [-0.2, -0.15) is 0 Å². The third kappa shape index (κ3) is 4.42. The van der Waals surface area contributed by atoms with Crippen LogP contribution in [-0.4, -0.2) is 32.0 Å². The molecule has 4 heteroatoms. The Labute approximate surface area is 88.2 Å². The number of sulfone groups is 1. The Balaban J connectivity index is 4.32. The number of hydrogen-bond donors (Lipinski definition) is 1. The molecule has 0 saturated carbocycles. The minimum Gasteiger partial charge on any atom is -0.313 e. The van der Waals surface area contributed by atoms with Gasteiger partial charge >= 0.3 is 0 Å². The van der Waals surface area contributed by atoms with E-state index in [1.807, 2.05) is 20.8 Å². The molecule has 0 aromatic carbocycles. The summed E-state index contributed by atoms with van der Waals surface area (Å²) in [4.78, 5) is 0. The third-order valence-electron chi connectivity index (χ3n) is 2.61. The second kappa shape index (κ2) is 6.40. The first-order valence-corrected chi connectivity index (χ1v) is 7.14. The summed E-state index contributed by atoms with van der Waals surface area (Å²) in [5.41, 5.74) is 0. The zero-order valence-electron chi connectivity index (χ0n) is 9.71. The molecule has 0 saturated heterocycles. The molecule has 0 rings (SSSR count). The molecule has 86 valence electrons. The van der Waals surface area contributed by atoms with Gasteiger partial charge in [-0.3, -0.25) is 0 Å². The predicted molar refractivity (Wildman–Crippen MR) is 61.3 cm³/mol. The summed E-state index contributed by atoms with van der Waals surface area (Å²) >= 11 is 0. The number of nitrogens with one attached hydrogen (secondary N) is 1. The fraction of sp³-hybridized carbons (Fsp3) is 1.00. The lowest BCUT2D eigenvalue weighted by Gasteiger charge is -2.18. The Kier molecular flexibility index (Phi) is 6.36. The quantitative estimate of drug-likeness (QED) is 0.710. The van der Waals surface area contributed by atoms with Crippen molar-refractivity contribution in [3.05, 3.63) is 0 Å². The van der Waals surface area contributed by atoms with E-state index in [-0.39, 0.29) is 17.0 Å². The van der Waals surface area contributed by atoms with Crippen molar-refractivity contribution in [1.29, 1.82) is 0 Å². The Morgan fingerprint density at radius 3 is 2.07 bits per heavy atom. The van der Waals surface area contributed by atoms with Gasteiger partial charge in [-0.05, 0) is 26.3 Å². The minimum atomic E-state index is -2.91. The van der Waals surface area contributed by atoms with Crippen molar-refractivity contribution in [3.8, 4) is 0 Å². The molecule has 0 fully saturated rings. The largest absolute Gasteiger partial charge is 0.313 e. The van der Waals surface area contributed by atoms with E-state index in [2.05, 4.69) is 5.32 Å². The van der Waals surface area contributed by atoms with Gasteiger partial charge in [0.1, 0.15) is 0 Å². The van der Waals surface area contributed by atoms with Gasteiger partial charge in [-0.1, -0.05) is 20.8 Å². The van der Waals surface area contributed by atoms with Gasteiger partial charge in [0.25, 0.3) is 0 Å². The van der Waals surface area contributed by atoms with Crippen molar-refractivity contribution >= 4 is 9.84 Å². The highest BCUT2D eigenvalue weighted by Gasteiger charge is 2.22. The first-order chi connectivity index (χ1) is 6.47. The van der Waals surface area contributed by atoms with E-state index in [4.69, 9.17) is 0 Å². The van der Waals surface area contributed by atoms with E-state index in [0.29, 0.717) is 6.42 Å². The van der Waals surface area contributed by atoms with E-state index in [9.17, 15) is 8.42 Å². The van der Waals surface area contributed by atoms with Crippen LogP contribution in [0.3, 0.4) is 0 Å². The van der Waals surface area contributed by atoms with Gasteiger partial charge in [0, 0.05) is 6.04 Å². The van der Waals surface area contributed by atoms with Crippen LogP contribution >= 0.6 is 0 Å². The second-order valence-electron chi connectivity index (χ2n) is 3.71. The lowest BCUT2D eigenvalue weighted by Crippen LogP contribution is -2.37. The zero-order valence-corrected chi connectivity index (χ0v) is 10.5. The molecule has 14 heavy (non-hydrogen) atoms. The van der Waals surface area contributed by atoms with Crippen molar-refractivity contribution in [1.82, 2.24) is 5.32 Å². The van der Waals surface area contributed by atoms with Crippen LogP contribution in [0.5, 0.6) is 0 Å². The molecule has 0 amide bonds. The average molecular weight is 221 g/mol. The smallest absolute Gasteiger partial charge is 0.154 e. The SMILES string of the molecule is CCNC(CC)CS(=O)(=O)C(C)CC. The van der Waals surface area contributed by atoms with Crippen molar-refractivity contribution < 1.29 is 8.42 Å². The topological polar surface area (TPSA) is 46.2 Å². The lowest BCUT2D eigenvalue weighted by atomic mass is 10.2. The monoisotopic (exact) mass is 221 g/mol. The highest BCUT2D eigenvalue weighted by atomic mass is 32.2. The molecule has 1 N–H and O–H groups in total. The standard InChI is InChI=1S/C10H23NO2S/c1-5-9(4)14(12,13)8-10(6-2)11-7-3/h9-11H,5-8H2,1-4H3. The van der Waals surface area contributed by atoms with Crippen molar-refractivity contribution in [2.45, 2.75) is 51.8 Å². The van der Waals surface area contributed by atoms with Crippen molar-refractivity contribution in [2.24, 2.45) is 0 Å². The van der Waals surface area contributed by atoms with Gasteiger partial charge < -0.3 is 5.32 Å². The lowest BCUT2D eigenvalue weighted by molar-refractivity contribution is 0.527. The molecular formula is C10H23NO2S. The average Bonchev–Trinajstić information content (AvgIpc) is 2.15. The van der Waals surface area contributed by atoms with E-state index < -0.39 is 9.84 Å². The Bertz CT molecular complexity index is 237. The van der Waals surface area contributed by atoms with Gasteiger partial charge in [0.15, 0.2) is 9.84 Å². The molecule has 0 aliphatic carbocycles. The fourth-order valence-electron chi connectivity index (χ4n) is 1.31. The molecule has 3 nitrogen and oxygen atoms in total. The summed E-state index contributed by atoms with van der Waals surface area (Å²) in [6.07, 6.45) is 1.56. The third-order valence-corrected chi connectivity index (χ3v) is 5.03. The molecule has 0 aromatic heterocycles. The molecule has 0 bridgehead atoms. The number of rotatable bonds is 7. The minimum absolute atomic E-state index is 0.110. The maximum Gasteiger partial charge on any atom is 0.154 e. The van der Waals surface area contributed by atoms with Crippen molar-refractivity contribution in [3.63, 3.8) is 0 Å². The summed E-state index contributed by atoms with van der Waals surface area (Å²) in [6.45, 7) is 8.54. The summed E-state index contributed by atoms with van der Waals surface area (Å²) in [5.74, 6) is 0.270. The van der Waals surface area contributed by atoms with E-state index in [1.54, 1.807) is 6.92 Å². The molecule has 0 spiro atoms. The van der Waals surface area contributed by atoms with Crippen LogP contribution in [0.4, 0.5) is 0 Å². The molecule has 2 unspecified atom stereocenters. The maximum absolute atomic E-state index is 11.8. The van der Waals surface area contributed by atoms with Crippen LogP contribution in [0.25, 0.3) is 0 Å². The van der Waals surface area contributed by atoms with Crippen LogP contribution in [-0.2, 0) is 9.84 Å². The first-order valence-electron chi connectivity index (χ1n) is 5.42. The maximum atomic E-state index is 11.8. The normalized spacial score (nSPS) is 16.6. The van der Waals surface area contributed by atoms with Crippen LogP contribution in [0.15, 0.2) is 0 Å². The molecule has 0 heterocycles. The van der Waals surface area contributed by atoms with Crippen LogP contribution in [0.1, 0.15) is 40.5 Å². The first kappa shape index (κ1) is 13.9. The summed E-state index contributed by atoms with van der Waals surface area (Å²) in [6, 6.07) is 0.110. The molecule has 0 radical (unpaired) electrons. The van der Waals surface area contributed by atoms with E-state index >= 15 is 0 Å². The zero-order chi connectivity index (χ0) is 11.2.